The number of carbonyl (C=O) groups is 1. The van der Waals surface area contributed by atoms with Gasteiger partial charge in [-0.05, 0) is 25.3 Å². The van der Waals surface area contributed by atoms with Crippen LogP contribution >= 0.6 is 0 Å². The number of rotatable bonds is 2. The molecule has 24 heavy (non-hydrogen) atoms. The second-order valence-electron chi connectivity index (χ2n) is 6.33. The molecule has 1 unspecified atom stereocenters. The Balaban J connectivity index is 1.89. The van der Waals surface area contributed by atoms with Crippen molar-refractivity contribution < 1.29 is 4.79 Å². The van der Waals surface area contributed by atoms with Crippen LogP contribution in [0.15, 0.2) is 21.9 Å². The smallest absolute Gasteiger partial charge is 0.331 e. The van der Waals surface area contributed by atoms with Gasteiger partial charge in [-0.3, -0.25) is 23.8 Å². The van der Waals surface area contributed by atoms with Gasteiger partial charge >= 0.3 is 5.69 Å². The van der Waals surface area contributed by atoms with E-state index in [1.807, 2.05) is 6.92 Å². The van der Waals surface area contributed by atoms with Gasteiger partial charge in [-0.25, -0.2) is 4.79 Å². The number of likely N-dealkylation sites (tertiary alicyclic amines) is 1. The highest BCUT2D eigenvalue weighted by atomic mass is 16.2. The SMILES string of the molecule is Cc1cn[nH]c1C1CCCN(C(=O)c2cc(=O)n(C)c(=O)n2C)C1. The molecule has 1 amide bonds. The zero-order valence-electron chi connectivity index (χ0n) is 14.1. The molecule has 0 aromatic carbocycles. The maximum absolute atomic E-state index is 12.8. The van der Waals surface area contributed by atoms with E-state index in [1.165, 1.54) is 24.7 Å². The summed E-state index contributed by atoms with van der Waals surface area (Å²) >= 11 is 0. The Morgan fingerprint density at radius 1 is 1.29 bits per heavy atom. The summed E-state index contributed by atoms with van der Waals surface area (Å²) in [5, 5.41) is 7.07. The second kappa shape index (κ2) is 6.10. The summed E-state index contributed by atoms with van der Waals surface area (Å²) in [5.74, 6) is -0.0945. The number of carbonyl (C=O) groups excluding carboxylic acids is 1. The summed E-state index contributed by atoms with van der Waals surface area (Å²) in [6.45, 7) is 3.15. The van der Waals surface area contributed by atoms with Crippen molar-refractivity contribution in [2.45, 2.75) is 25.7 Å². The zero-order valence-corrected chi connectivity index (χ0v) is 14.1. The molecule has 0 spiro atoms. The van der Waals surface area contributed by atoms with E-state index in [1.54, 1.807) is 11.1 Å². The Morgan fingerprint density at radius 2 is 2.04 bits per heavy atom. The summed E-state index contributed by atoms with van der Waals surface area (Å²) in [4.78, 5) is 38.4. The molecule has 8 heteroatoms. The van der Waals surface area contributed by atoms with Crippen molar-refractivity contribution in [3.8, 4) is 0 Å². The molecule has 0 bridgehead atoms. The highest BCUT2D eigenvalue weighted by molar-refractivity contribution is 5.92. The molecule has 3 heterocycles. The van der Waals surface area contributed by atoms with Gasteiger partial charge in [0.05, 0.1) is 6.20 Å². The highest BCUT2D eigenvalue weighted by Gasteiger charge is 2.28. The zero-order chi connectivity index (χ0) is 17.4. The first-order valence-corrected chi connectivity index (χ1v) is 7.96. The number of hydrogen-bond donors (Lipinski definition) is 1. The molecule has 1 fully saturated rings. The van der Waals surface area contributed by atoms with Gasteiger partial charge in [0.1, 0.15) is 5.69 Å². The fourth-order valence-electron chi connectivity index (χ4n) is 3.27. The summed E-state index contributed by atoms with van der Waals surface area (Å²) in [6, 6.07) is 1.23. The van der Waals surface area contributed by atoms with Crippen LogP contribution in [0.3, 0.4) is 0 Å². The van der Waals surface area contributed by atoms with Crippen LogP contribution in [0.4, 0.5) is 0 Å². The third kappa shape index (κ3) is 2.68. The number of aryl methyl sites for hydroxylation is 1. The van der Waals surface area contributed by atoms with Crippen molar-refractivity contribution in [1.82, 2.24) is 24.2 Å². The van der Waals surface area contributed by atoms with Crippen LogP contribution < -0.4 is 11.2 Å². The van der Waals surface area contributed by atoms with Crippen molar-refractivity contribution in [3.63, 3.8) is 0 Å². The number of nitrogens with one attached hydrogen (secondary N) is 1. The maximum Gasteiger partial charge on any atom is 0.331 e. The molecule has 1 aliphatic rings. The van der Waals surface area contributed by atoms with Gasteiger partial charge in [0.2, 0.25) is 0 Å². The maximum atomic E-state index is 12.8. The minimum Gasteiger partial charge on any atom is -0.337 e. The van der Waals surface area contributed by atoms with E-state index in [2.05, 4.69) is 10.2 Å². The third-order valence-electron chi connectivity index (χ3n) is 4.73. The molecule has 0 radical (unpaired) electrons. The number of piperidine rings is 1. The van der Waals surface area contributed by atoms with E-state index in [0.717, 1.165) is 28.7 Å². The van der Waals surface area contributed by atoms with Crippen LogP contribution in [-0.2, 0) is 14.1 Å². The van der Waals surface area contributed by atoms with E-state index < -0.39 is 11.2 Å². The van der Waals surface area contributed by atoms with E-state index in [0.29, 0.717) is 13.1 Å². The Labute approximate surface area is 138 Å². The predicted molar refractivity (Wildman–Crippen MR) is 88.1 cm³/mol. The van der Waals surface area contributed by atoms with Gasteiger partial charge in [-0.1, -0.05) is 0 Å². The predicted octanol–water partition coefficient (Wildman–Crippen LogP) is 0.135. The van der Waals surface area contributed by atoms with Crippen molar-refractivity contribution in [3.05, 3.63) is 50.1 Å². The Hall–Kier alpha value is -2.64. The highest BCUT2D eigenvalue weighted by Crippen LogP contribution is 2.28. The van der Waals surface area contributed by atoms with Gasteiger partial charge in [-0.15, -0.1) is 0 Å². The van der Waals surface area contributed by atoms with Gasteiger partial charge < -0.3 is 4.90 Å². The van der Waals surface area contributed by atoms with Gasteiger partial charge in [0.15, 0.2) is 0 Å². The number of aromatic amines is 1. The molecule has 8 nitrogen and oxygen atoms in total. The van der Waals surface area contributed by atoms with Crippen LogP contribution in [0.25, 0.3) is 0 Å². The molecule has 128 valence electrons. The van der Waals surface area contributed by atoms with Crippen molar-refractivity contribution >= 4 is 5.91 Å². The summed E-state index contributed by atoms with van der Waals surface area (Å²) in [7, 11) is 2.91. The van der Waals surface area contributed by atoms with Gasteiger partial charge in [0.25, 0.3) is 11.5 Å². The minimum atomic E-state index is -0.496. The van der Waals surface area contributed by atoms with Crippen molar-refractivity contribution in [1.29, 1.82) is 0 Å². The average molecular weight is 331 g/mol. The molecular weight excluding hydrogens is 310 g/mol. The molecule has 1 aliphatic heterocycles. The van der Waals surface area contributed by atoms with E-state index >= 15 is 0 Å². The Morgan fingerprint density at radius 3 is 2.71 bits per heavy atom. The van der Waals surface area contributed by atoms with Crippen LogP contribution in [0.1, 0.15) is 40.5 Å². The molecule has 2 aromatic heterocycles. The van der Waals surface area contributed by atoms with Crippen molar-refractivity contribution in [2.24, 2.45) is 14.1 Å². The third-order valence-corrected chi connectivity index (χ3v) is 4.73. The lowest BCUT2D eigenvalue weighted by Crippen LogP contribution is -2.44. The van der Waals surface area contributed by atoms with E-state index in [4.69, 9.17) is 0 Å². The first-order valence-electron chi connectivity index (χ1n) is 7.96. The number of nitrogens with zero attached hydrogens (tertiary/aromatic N) is 4. The van der Waals surface area contributed by atoms with Crippen LogP contribution in [0, 0.1) is 6.92 Å². The lowest BCUT2D eigenvalue weighted by molar-refractivity contribution is 0.0693. The summed E-state index contributed by atoms with van der Waals surface area (Å²) < 4.78 is 2.22. The molecule has 1 N–H and O–H groups in total. The quantitative estimate of drug-likeness (QED) is 0.847. The number of H-pyrrole nitrogens is 1. The topological polar surface area (TPSA) is 93.0 Å². The van der Waals surface area contributed by atoms with Crippen LogP contribution in [0.5, 0.6) is 0 Å². The molecule has 1 atom stereocenters. The van der Waals surface area contributed by atoms with Crippen LogP contribution in [-0.4, -0.2) is 43.2 Å². The fourth-order valence-corrected chi connectivity index (χ4v) is 3.27. The lowest BCUT2D eigenvalue weighted by Gasteiger charge is -2.32. The Kier molecular flexibility index (Phi) is 4.13. The fraction of sp³-hybridized carbons (Fsp3) is 0.500. The molecular formula is C16H21N5O3. The average Bonchev–Trinajstić information content (AvgIpc) is 3.02. The van der Waals surface area contributed by atoms with E-state index in [9.17, 15) is 14.4 Å². The van der Waals surface area contributed by atoms with Gasteiger partial charge in [-0.2, -0.15) is 5.10 Å². The number of aromatic nitrogens is 4. The normalized spacial score (nSPS) is 18.0. The first-order chi connectivity index (χ1) is 11.4. The molecule has 3 rings (SSSR count). The summed E-state index contributed by atoms with van der Waals surface area (Å²) in [6.07, 6.45) is 3.62. The van der Waals surface area contributed by atoms with Gasteiger partial charge in [0, 0.05) is 44.9 Å². The van der Waals surface area contributed by atoms with Crippen molar-refractivity contribution in [2.75, 3.05) is 13.1 Å². The Bertz CT molecular complexity index is 892. The molecule has 0 saturated carbocycles. The van der Waals surface area contributed by atoms with Crippen LogP contribution in [0.2, 0.25) is 0 Å². The molecule has 2 aromatic rings. The number of amides is 1. The first kappa shape index (κ1) is 16.2. The summed E-state index contributed by atoms with van der Waals surface area (Å²) in [5.41, 5.74) is 1.29. The lowest BCUT2D eigenvalue weighted by atomic mass is 9.93. The largest absolute Gasteiger partial charge is 0.337 e. The molecule has 1 saturated heterocycles. The number of hydrogen-bond acceptors (Lipinski definition) is 4. The monoisotopic (exact) mass is 331 g/mol. The van der Waals surface area contributed by atoms with E-state index in [-0.39, 0.29) is 17.5 Å². The molecule has 0 aliphatic carbocycles. The second-order valence-corrected chi connectivity index (χ2v) is 6.33. The minimum absolute atomic E-state index is 0.130. The standard InChI is InChI=1S/C16H21N5O3/c1-10-8-17-18-14(10)11-5-4-6-21(9-11)15(23)12-7-13(22)20(3)16(24)19(12)2/h7-8,11H,4-6,9H2,1-3H3,(H,17,18).